The number of ether oxygens (including phenoxy) is 1. The van der Waals surface area contributed by atoms with Crippen molar-refractivity contribution in [3.8, 4) is 17.0 Å². The van der Waals surface area contributed by atoms with Crippen LogP contribution in [0.3, 0.4) is 0 Å². The lowest BCUT2D eigenvalue weighted by molar-refractivity contribution is -0.139. The van der Waals surface area contributed by atoms with Crippen molar-refractivity contribution < 1.29 is 27.9 Å². The SMILES string of the molecule is COc1ccc(-c2cnc(C(=O)Nc3ccc(C(=O)N4CCN(C(=O)C5CCC5)CC4)c(Cl)c3)n2C)c(F)c1F. The van der Waals surface area contributed by atoms with E-state index >= 15 is 0 Å². The number of carbonyl (C=O) groups excluding carboxylic acids is 3. The van der Waals surface area contributed by atoms with Gasteiger partial charge in [-0.05, 0) is 43.2 Å². The second kappa shape index (κ2) is 11.2. The Bertz CT molecular complexity index is 1480. The molecule has 3 amide bonds. The van der Waals surface area contributed by atoms with Crippen LogP contribution in [0, 0.1) is 17.6 Å². The Labute approximate surface area is 234 Å². The van der Waals surface area contributed by atoms with Crippen LogP contribution in [0.25, 0.3) is 11.3 Å². The average molecular weight is 572 g/mol. The van der Waals surface area contributed by atoms with E-state index in [9.17, 15) is 23.2 Å². The summed E-state index contributed by atoms with van der Waals surface area (Å²) < 4.78 is 34.9. The van der Waals surface area contributed by atoms with E-state index in [1.54, 1.807) is 11.0 Å². The van der Waals surface area contributed by atoms with Crippen molar-refractivity contribution in [2.45, 2.75) is 19.3 Å². The zero-order valence-electron chi connectivity index (χ0n) is 22.0. The normalized spacial score (nSPS) is 15.5. The van der Waals surface area contributed by atoms with Gasteiger partial charge in [0.15, 0.2) is 17.4 Å². The molecule has 0 spiro atoms. The molecule has 12 heteroatoms. The molecule has 40 heavy (non-hydrogen) atoms. The van der Waals surface area contributed by atoms with Crippen LogP contribution in [0.2, 0.25) is 5.02 Å². The van der Waals surface area contributed by atoms with Crippen molar-refractivity contribution in [1.82, 2.24) is 19.4 Å². The number of hydrogen-bond acceptors (Lipinski definition) is 5. The highest BCUT2D eigenvalue weighted by Gasteiger charge is 2.32. The lowest BCUT2D eigenvalue weighted by Crippen LogP contribution is -2.52. The third kappa shape index (κ3) is 5.13. The molecule has 1 aromatic heterocycles. The summed E-state index contributed by atoms with van der Waals surface area (Å²) in [5.41, 5.74) is 0.729. The van der Waals surface area contributed by atoms with Crippen molar-refractivity contribution in [3.63, 3.8) is 0 Å². The van der Waals surface area contributed by atoms with Crippen LogP contribution in [-0.4, -0.2) is 70.4 Å². The van der Waals surface area contributed by atoms with E-state index in [4.69, 9.17) is 16.3 Å². The van der Waals surface area contributed by atoms with Crippen LogP contribution in [0.5, 0.6) is 5.75 Å². The first-order valence-electron chi connectivity index (χ1n) is 12.9. The maximum atomic E-state index is 14.6. The molecular weight excluding hydrogens is 544 g/mol. The van der Waals surface area contributed by atoms with Crippen LogP contribution in [0.4, 0.5) is 14.5 Å². The predicted octanol–water partition coefficient (Wildman–Crippen LogP) is 4.36. The maximum absolute atomic E-state index is 14.6. The molecule has 1 saturated carbocycles. The monoisotopic (exact) mass is 571 g/mol. The largest absolute Gasteiger partial charge is 0.494 e. The van der Waals surface area contributed by atoms with Crippen molar-refractivity contribution in [3.05, 3.63) is 64.6 Å². The van der Waals surface area contributed by atoms with Gasteiger partial charge in [0.2, 0.25) is 11.7 Å². The molecule has 9 nitrogen and oxygen atoms in total. The number of aromatic nitrogens is 2. The number of halogens is 3. The fourth-order valence-corrected chi connectivity index (χ4v) is 5.19. The average Bonchev–Trinajstić information content (AvgIpc) is 3.30. The van der Waals surface area contributed by atoms with Gasteiger partial charge in [0.1, 0.15) is 0 Å². The van der Waals surface area contributed by atoms with E-state index in [0.29, 0.717) is 31.9 Å². The minimum Gasteiger partial charge on any atom is -0.494 e. The Kier molecular flexibility index (Phi) is 7.75. The lowest BCUT2D eigenvalue weighted by Gasteiger charge is -2.38. The summed E-state index contributed by atoms with van der Waals surface area (Å²) >= 11 is 6.42. The van der Waals surface area contributed by atoms with Crippen molar-refractivity contribution >= 4 is 35.0 Å². The lowest BCUT2D eigenvalue weighted by atomic mass is 9.84. The Hall–Kier alpha value is -3.99. The first-order chi connectivity index (χ1) is 19.2. The van der Waals surface area contributed by atoms with Crippen molar-refractivity contribution in [2.75, 3.05) is 38.6 Å². The van der Waals surface area contributed by atoms with Gasteiger partial charge in [-0.1, -0.05) is 18.0 Å². The summed E-state index contributed by atoms with van der Waals surface area (Å²) in [6.45, 7) is 1.83. The van der Waals surface area contributed by atoms with E-state index in [2.05, 4.69) is 10.3 Å². The fourth-order valence-electron chi connectivity index (χ4n) is 4.92. The summed E-state index contributed by atoms with van der Waals surface area (Å²) in [5, 5.41) is 2.83. The number of hydrogen-bond donors (Lipinski definition) is 1. The smallest absolute Gasteiger partial charge is 0.291 e. The second-order valence-electron chi connectivity index (χ2n) is 9.86. The Morgan fingerprint density at radius 3 is 2.35 bits per heavy atom. The molecule has 1 N–H and O–H groups in total. The summed E-state index contributed by atoms with van der Waals surface area (Å²) in [5.74, 6) is -3.08. The molecule has 0 bridgehead atoms. The first-order valence-corrected chi connectivity index (χ1v) is 13.3. The molecule has 0 radical (unpaired) electrons. The van der Waals surface area contributed by atoms with Gasteiger partial charge in [-0.15, -0.1) is 0 Å². The first kappa shape index (κ1) is 27.6. The molecule has 2 aromatic carbocycles. The molecule has 1 saturated heterocycles. The van der Waals surface area contributed by atoms with Crippen LogP contribution >= 0.6 is 11.6 Å². The Balaban J connectivity index is 1.24. The highest BCUT2D eigenvalue weighted by atomic mass is 35.5. The minimum atomic E-state index is -1.14. The maximum Gasteiger partial charge on any atom is 0.291 e. The zero-order valence-corrected chi connectivity index (χ0v) is 22.8. The number of amides is 3. The number of anilines is 1. The number of nitrogens with one attached hydrogen (secondary N) is 1. The number of nitrogens with zero attached hydrogens (tertiary/aromatic N) is 4. The molecule has 0 unspecified atom stereocenters. The second-order valence-corrected chi connectivity index (χ2v) is 10.3. The van der Waals surface area contributed by atoms with Gasteiger partial charge in [-0.3, -0.25) is 14.4 Å². The van der Waals surface area contributed by atoms with E-state index in [-0.39, 0.29) is 51.1 Å². The summed E-state index contributed by atoms with van der Waals surface area (Å²) in [4.78, 5) is 46.1. The molecule has 1 aliphatic carbocycles. The predicted molar refractivity (Wildman–Crippen MR) is 144 cm³/mol. The quantitative estimate of drug-likeness (QED) is 0.474. The molecule has 2 aliphatic rings. The van der Waals surface area contributed by atoms with Gasteiger partial charge >= 0.3 is 0 Å². The number of carbonyl (C=O) groups is 3. The number of imidazole rings is 1. The van der Waals surface area contributed by atoms with Crippen molar-refractivity contribution in [2.24, 2.45) is 13.0 Å². The van der Waals surface area contributed by atoms with E-state index < -0.39 is 17.5 Å². The Morgan fingerprint density at radius 1 is 1.02 bits per heavy atom. The highest BCUT2D eigenvalue weighted by Crippen LogP contribution is 2.31. The third-order valence-corrected chi connectivity index (χ3v) is 7.84. The number of benzene rings is 2. The molecule has 3 aromatic rings. The zero-order chi connectivity index (χ0) is 28.6. The van der Waals surface area contributed by atoms with Gasteiger partial charge < -0.3 is 24.4 Å². The van der Waals surface area contributed by atoms with Crippen molar-refractivity contribution in [1.29, 1.82) is 0 Å². The number of rotatable bonds is 6. The molecule has 1 aliphatic heterocycles. The Morgan fingerprint density at radius 2 is 1.73 bits per heavy atom. The van der Waals surface area contributed by atoms with Gasteiger partial charge in [0.05, 0.1) is 29.6 Å². The molecule has 210 valence electrons. The van der Waals surface area contributed by atoms with Crippen LogP contribution < -0.4 is 10.1 Å². The van der Waals surface area contributed by atoms with Crippen LogP contribution in [0.1, 0.15) is 40.2 Å². The topological polar surface area (TPSA) is 96.8 Å². The molecule has 2 heterocycles. The fraction of sp³-hybridized carbons (Fsp3) is 0.357. The molecule has 5 rings (SSSR count). The summed E-state index contributed by atoms with van der Waals surface area (Å²) in [6, 6.07) is 7.18. The highest BCUT2D eigenvalue weighted by molar-refractivity contribution is 6.34. The van der Waals surface area contributed by atoms with E-state index in [0.717, 1.165) is 19.3 Å². The molecular formula is C28H28ClF2N5O4. The molecule has 0 atom stereocenters. The van der Waals surface area contributed by atoms with Crippen LogP contribution in [-0.2, 0) is 11.8 Å². The number of methoxy groups -OCH3 is 1. The van der Waals surface area contributed by atoms with Crippen LogP contribution in [0.15, 0.2) is 36.5 Å². The van der Waals surface area contributed by atoms with Gasteiger partial charge in [0, 0.05) is 50.4 Å². The van der Waals surface area contributed by atoms with Gasteiger partial charge in [-0.2, -0.15) is 4.39 Å². The standard InChI is InChI=1S/C28H28ClF2N5O4/c1-34-21(19-8-9-22(40-2)24(31)23(19)30)15-32-25(34)26(37)33-17-6-7-18(20(29)14-17)28(39)36-12-10-35(11-13-36)27(38)16-4-3-5-16/h6-9,14-16H,3-5,10-13H2,1-2H3,(H,33,37). The molecule has 2 fully saturated rings. The summed E-state index contributed by atoms with van der Waals surface area (Å²) in [6.07, 6.45) is 4.25. The van der Waals surface area contributed by atoms with E-state index in [1.807, 2.05) is 4.90 Å². The third-order valence-electron chi connectivity index (χ3n) is 7.52. The van der Waals surface area contributed by atoms with E-state index in [1.165, 1.54) is 49.2 Å². The summed E-state index contributed by atoms with van der Waals surface area (Å²) in [7, 11) is 2.74. The minimum absolute atomic E-state index is 0.0452. The number of piperazine rings is 1. The van der Waals surface area contributed by atoms with Gasteiger partial charge in [0.25, 0.3) is 11.8 Å². The van der Waals surface area contributed by atoms with Gasteiger partial charge in [-0.25, -0.2) is 9.37 Å².